The van der Waals surface area contributed by atoms with E-state index >= 15 is 0 Å². The molecule has 0 aliphatic carbocycles. The van der Waals surface area contributed by atoms with Gasteiger partial charge in [-0.25, -0.2) is 0 Å². The minimum atomic E-state index is 0.333. The Morgan fingerprint density at radius 3 is 2.48 bits per heavy atom. The quantitative estimate of drug-likeness (QED) is 0.811. The first-order valence-corrected chi connectivity index (χ1v) is 9.32. The molecule has 2 rings (SSSR count). The molecule has 0 radical (unpaired) electrons. The second kappa shape index (κ2) is 6.75. The fourth-order valence-corrected chi connectivity index (χ4v) is 4.64. The summed E-state index contributed by atoms with van der Waals surface area (Å²) in [5.41, 5.74) is 2.16. The summed E-state index contributed by atoms with van der Waals surface area (Å²) in [5.74, 6) is 2.54. The van der Waals surface area contributed by atoms with Gasteiger partial charge in [-0.3, -0.25) is 0 Å². The highest BCUT2D eigenvalue weighted by atomic mass is 32.2. The molecule has 0 aromatic heterocycles. The summed E-state index contributed by atoms with van der Waals surface area (Å²) in [6.45, 7) is 11.9. The van der Waals surface area contributed by atoms with Crippen molar-refractivity contribution in [3.63, 3.8) is 0 Å². The molecule has 1 nitrogen and oxygen atoms in total. The van der Waals surface area contributed by atoms with Crippen molar-refractivity contribution in [3.8, 4) is 0 Å². The van der Waals surface area contributed by atoms with E-state index in [-0.39, 0.29) is 0 Å². The highest BCUT2D eigenvalue weighted by molar-refractivity contribution is 7.99. The Balaban J connectivity index is 2.16. The normalized spacial score (nSPS) is 23.8. The first kappa shape index (κ1) is 16.9. The minimum Gasteiger partial charge on any atom is -0.306 e. The summed E-state index contributed by atoms with van der Waals surface area (Å²) >= 11 is 2.10. The maximum absolute atomic E-state index is 4.00. The lowest BCUT2D eigenvalue weighted by atomic mass is 9.80. The monoisotopic (exact) mass is 305 g/mol. The number of hydrogen-bond donors (Lipinski definition) is 1. The molecular formula is C19H31NS. The van der Waals surface area contributed by atoms with Crippen LogP contribution >= 0.6 is 11.8 Å². The van der Waals surface area contributed by atoms with Gasteiger partial charge < -0.3 is 5.32 Å². The Kier molecular flexibility index (Phi) is 5.43. The molecule has 2 atom stereocenters. The molecule has 118 valence electrons. The topological polar surface area (TPSA) is 12.0 Å². The Labute approximate surface area is 135 Å². The molecule has 0 spiro atoms. The molecule has 0 saturated carbocycles. The van der Waals surface area contributed by atoms with Crippen molar-refractivity contribution in [2.24, 2.45) is 10.8 Å². The summed E-state index contributed by atoms with van der Waals surface area (Å²) in [6, 6.07) is 12.0. The zero-order valence-electron chi connectivity index (χ0n) is 14.3. The standard InChI is InChI=1S/C19H31NS/c1-18(2,3)13-16(15-9-7-6-8-10-15)20-17-14-21-12-11-19(17,4)5/h6-10,16-17,20H,11-14H2,1-5H3. The maximum atomic E-state index is 4.00. The van der Waals surface area contributed by atoms with Crippen molar-refractivity contribution in [3.05, 3.63) is 35.9 Å². The van der Waals surface area contributed by atoms with Gasteiger partial charge in [-0.05, 0) is 35.0 Å². The van der Waals surface area contributed by atoms with Crippen LogP contribution in [0.15, 0.2) is 30.3 Å². The molecule has 1 aromatic rings. The van der Waals surface area contributed by atoms with Crippen LogP contribution in [0.2, 0.25) is 0 Å². The van der Waals surface area contributed by atoms with E-state index in [2.05, 4.69) is 82.0 Å². The predicted molar refractivity (Wildman–Crippen MR) is 95.9 cm³/mol. The van der Waals surface area contributed by atoms with E-state index in [4.69, 9.17) is 0 Å². The average Bonchev–Trinajstić information content (AvgIpc) is 2.39. The highest BCUT2D eigenvalue weighted by Gasteiger charge is 2.34. The van der Waals surface area contributed by atoms with Crippen molar-refractivity contribution in [1.29, 1.82) is 0 Å². The van der Waals surface area contributed by atoms with Crippen LogP contribution in [0, 0.1) is 10.8 Å². The third kappa shape index (κ3) is 5.03. The van der Waals surface area contributed by atoms with Gasteiger partial charge in [0.25, 0.3) is 0 Å². The lowest BCUT2D eigenvalue weighted by molar-refractivity contribution is 0.205. The summed E-state index contributed by atoms with van der Waals surface area (Å²) in [5, 5.41) is 4.00. The van der Waals surface area contributed by atoms with E-state index in [0.29, 0.717) is 22.9 Å². The molecule has 1 aliphatic heterocycles. The Hall–Kier alpha value is -0.470. The van der Waals surface area contributed by atoms with Gasteiger partial charge in [0.1, 0.15) is 0 Å². The summed E-state index contributed by atoms with van der Waals surface area (Å²) in [6.07, 6.45) is 2.49. The Morgan fingerprint density at radius 2 is 1.90 bits per heavy atom. The van der Waals surface area contributed by atoms with Crippen LogP contribution in [0.25, 0.3) is 0 Å². The van der Waals surface area contributed by atoms with Gasteiger partial charge in [-0.15, -0.1) is 0 Å². The lowest BCUT2D eigenvalue weighted by Crippen LogP contribution is -2.48. The molecular weight excluding hydrogens is 274 g/mol. The largest absolute Gasteiger partial charge is 0.306 e. The van der Waals surface area contributed by atoms with Crippen molar-refractivity contribution in [1.82, 2.24) is 5.32 Å². The molecule has 1 saturated heterocycles. The summed E-state index contributed by atoms with van der Waals surface area (Å²) < 4.78 is 0. The van der Waals surface area contributed by atoms with E-state index in [1.54, 1.807) is 0 Å². The predicted octanol–water partition coefficient (Wildman–Crippen LogP) is 5.29. The van der Waals surface area contributed by atoms with Gasteiger partial charge in [0.15, 0.2) is 0 Å². The number of hydrogen-bond acceptors (Lipinski definition) is 2. The lowest BCUT2D eigenvalue weighted by Gasteiger charge is -2.42. The van der Waals surface area contributed by atoms with E-state index < -0.39 is 0 Å². The van der Waals surface area contributed by atoms with Gasteiger partial charge in [0.05, 0.1) is 0 Å². The van der Waals surface area contributed by atoms with Crippen LogP contribution in [0.1, 0.15) is 59.1 Å². The molecule has 2 heteroatoms. The van der Waals surface area contributed by atoms with Gasteiger partial charge in [0, 0.05) is 17.8 Å². The van der Waals surface area contributed by atoms with Gasteiger partial charge in [-0.1, -0.05) is 65.0 Å². The Morgan fingerprint density at radius 1 is 1.24 bits per heavy atom. The van der Waals surface area contributed by atoms with E-state index in [1.165, 1.54) is 29.9 Å². The van der Waals surface area contributed by atoms with Crippen LogP contribution in [-0.2, 0) is 0 Å². The van der Waals surface area contributed by atoms with Crippen molar-refractivity contribution < 1.29 is 0 Å². The van der Waals surface area contributed by atoms with Crippen molar-refractivity contribution in [2.75, 3.05) is 11.5 Å². The van der Waals surface area contributed by atoms with Gasteiger partial charge in [-0.2, -0.15) is 11.8 Å². The van der Waals surface area contributed by atoms with Crippen LogP contribution in [0.5, 0.6) is 0 Å². The molecule has 21 heavy (non-hydrogen) atoms. The fourth-order valence-electron chi connectivity index (χ4n) is 3.02. The minimum absolute atomic E-state index is 0.333. The van der Waals surface area contributed by atoms with Crippen LogP contribution in [0.3, 0.4) is 0 Å². The second-order valence-electron chi connectivity index (χ2n) is 8.26. The van der Waals surface area contributed by atoms with Crippen molar-refractivity contribution >= 4 is 11.8 Å². The number of thioether (sulfide) groups is 1. The van der Waals surface area contributed by atoms with Gasteiger partial charge >= 0.3 is 0 Å². The first-order chi connectivity index (χ1) is 9.78. The molecule has 1 aromatic carbocycles. The first-order valence-electron chi connectivity index (χ1n) is 8.17. The molecule has 1 fully saturated rings. The molecule has 0 amide bonds. The Bertz CT molecular complexity index is 433. The SMILES string of the molecule is CC(C)(C)CC(NC1CSCCC1(C)C)c1ccccc1. The van der Waals surface area contributed by atoms with Crippen LogP contribution in [0.4, 0.5) is 0 Å². The van der Waals surface area contributed by atoms with E-state index in [0.717, 1.165) is 0 Å². The second-order valence-corrected chi connectivity index (χ2v) is 9.41. The maximum Gasteiger partial charge on any atom is 0.0328 e. The number of benzene rings is 1. The number of rotatable bonds is 4. The van der Waals surface area contributed by atoms with Crippen molar-refractivity contribution in [2.45, 2.75) is 59.5 Å². The summed E-state index contributed by atoms with van der Waals surface area (Å²) in [7, 11) is 0. The van der Waals surface area contributed by atoms with Crippen LogP contribution < -0.4 is 5.32 Å². The molecule has 1 aliphatic rings. The molecule has 1 N–H and O–H groups in total. The smallest absolute Gasteiger partial charge is 0.0328 e. The van der Waals surface area contributed by atoms with E-state index in [9.17, 15) is 0 Å². The van der Waals surface area contributed by atoms with Crippen LogP contribution in [-0.4, -0.2) is 17.5 Å². The molecule has 1 heterocycles. The fraction of sp³-hybridized carbons (Fsp3) is 0.684. The van der Waals surface area contributed by atoms with Gasteiger partial charge in [0.2, 0.25) is 0 Å². The molecule has 2 unspecified atom stereocenters. The third-order valence-corrected chi connectivity index (χ3v) is 5.60. The zero-order chi connectivity index (χ0) is 15.5. The third-order valence-electron chi connectivity index (χ3n) is 4.54. The molecule has 0 bridgehead atoms. The van der Waals surface area contributed by atoms with E-state index in [1.807, 2.05) is 0 Å². The average molecular weight is 306 g/mol. The summed E-state index contributed by atoms with van der Waals surface area (Å²) in [4.78, 5) is 0. The highest BCUT2D eigenvalue weighted by Crippen LogP contribution is 2.37. The number of nitrogens with one attached hydrogen (secondary N) is 1. The zero-order valence-corrected chi connectivity index (χ0v) is 15.1.